The first-order valence-corrected chi connectivity index (χ1v) is 3.73. The van der Waals surface area contributed by atoms with Crippen LogP contribution >= 0.6 is 0 Å². The van der Waals surface area contributed by atoms with Crippen LogP contribution in [0.25, 0.3) is 0 Å². The van der Waals surface area contributed by atoms with E-state index in [0.29, 0.717) is 11.1 Å². The average molecular weight is 171 g/mol. The zero-order valence-electron chi connectivity index (χ0n) is 7.07. The van der Waals surface area contributed by atoms with Crippen molar-refractivity contribution in [1.29, 1.82) is 0 Å². The minimum atomic E-state index is -0.840. The third kappa shape index (κ3) is 1.61. The third-order valence-corrected chi connectivity index (χ3v) is 1.80. The number of hydrogen-bond acceptors (Lipinski definition) is 1. The summed E-state index contributed by atoms with van der Waals surface area (Å²) in [5, 5.41) is 0. The molecule has 0 fully saturated rings. The summed E-state index contributed by atoms with van der Waals surface area (Å²) in [5.74, 6) is -1.66. The van der Waals surface area contributed by atoms with Crippen LogP contribution in [0.4, 0.5) is 8.78 Å². The molecule has 0 radical (unpaired) electrons. The van der Waals surface area contributed by atoms with Crippen molar-refractivity contribution in [3.05, 3.63) is 34.9 Å². The van der Waals surface area contributed by atoms with E-state index in [9.17, 15) is 8.78 Å². The summed E-state index contributed by atoms with van der Waals surface area (Å²) in [6, 6.07) is 2.05. The van der Waals surface area contributed by atoms with Gasteiger partial charge in [0.1, 0.15) is 0 Å². The third-order valence-electron chi connectivity index (χ3n) is 1.80. The molecule has 1 aromatic rings. The molecule has 0 bridgehead atoms. The Morgan fingerprint density at radius 2 is 1.75 bits per heavy atom. The quantitative estimate of drug-likeness (QED) is 0.689. The maximum absolute atomic E-state index is 12.7. The number of hydrogen-bond donors (Lipinski definition) is 1. The molecule has 66 valence electrons. The summed E-state index contributed by atoms with van der Waals surface area (Å²) < 4.78 is 25.3. The summed E-state index contributed by atoms with van der Waals surface area (Å²) in [7, 11) is 0. The van der Waals surface area contributed by atoms with Gasteiger partial charge in [-0.25, -0.2) is 8.78 Å². The van der Waals surface area contributed by atoms with Crippen molar-refractivity contribution >= 4 is 0 Å². The summed E-state index contributed by atoms with van der Waals surface area (Å²) in [6.45, 7) is 3.45. The van der Waals surface area contributed by atoms with Gasteiger partial charge >= 0.3 is 0 Å². The molecule has 2 N–H and O–H groups in total. The van der Waals surface area contributed by atoms with Crippen LogP contribution in [-0.2, 0) is 0 Å². The van der Waals surface area contributed by atoms with Crippen molar-refractivity contribution in [3.8, 4) is 0 Å². The first kappa shape index (κ1) is 9.13. The van der Waals surface area contributed by atoms with Gasteiger partial charge < -0.3 is 5.73 Å². The molecule has 0 aliphatic rings. The molecule has 0 amide bonds. The molecule has 0 saturated carbocycles. The second-order valence-electron chi connectivity index (χ2n) is 2.91. The largest absolute Gasteiger partial charge is 0.324 e. The van der Waals surface area contributed by atoms with E-state index >= 15 is 0 Å². The minimum Gasteiger partial charge on any atom is -0.324 e. The Kier molecular flexibility index (Phi) is 2.43. The molecule has 1 nitrogen and oxygen atoms in total. The zero-order valence-corrected chi connectivity index (χ0v) is 7.07. The Balaban J connectivity index is 3.23. The number of nitrogens with two attached hydrogens (primary N) is 1. The van der Waals surface area contributed by atoms with Gasteiger partial charge in [0, 0.05) is 6.04 Å². The van der Waals surface area contributed by atoms with E-state index in [-0.39, 0.29) is 6.04 Å². The monoisotopic (exact) mass is 171 g/mol. The number of rotatable bonds is 1. The minimum absolute atomic E-state index is 0.264. The standard InChI is InChI=1S/C9H11F2N/c1-5-3-8(10)9(11)4-7(5)6(2)12/h3-4,6H,12H2,1-2H3. The van der Waals surface area contributed by atoms with E-state index < -0.39 is 11.6 Å². The molecule has 0 spiro atoms. The highest BCUT2D eigenvalue weighted by atomic mass is 19.2. The van der Waals surface area contributed by atoms with E-state index in [2.05, 4.69) is 0 Å². The molecule has 0 aliphatic carbocycles. The first-order valence-electron chi connectivity index (χ1n) is 3.73. The summed E-state index contributed by atoms with van der Waals surface area (Å²) in [4.78, 5) is 0. The molecule has 12 heavy (non-hydrogen) atoms. The maximum Gasteiger partial charge on any atom is 0.159 e. The molecule has 1 unspecified atom stereocenters. The predicted molar refractivity (Wildman–Crippen MR) is 43.7 cm³/mol. The fraction of sp³-hybridized carbons (Fsp3) is 0.333. The predicted octanol–water partition coefficient (Wildman–Crippen LogP) is 2.29. The SMILES string of the molecule is Cc1cc(F)c(F)cc1C(C)N. The van der Waals surface area contributed by atoms with Gasteiger partial charge in [0.2, 0.25) is 0 Å². The van der Waals surface area contributed by atoms with Crippen LogP contribution in [-0.4, -0.2) is 0 Å². The molecule has 1 rings (SSSR count). The fourth-order valence-corrected chi connectivity index (χ4v) is 1.15. The Morgan fingerprint density at radius 3 is 2.25 bits per heavy atom. The molecule has 0 heterocycles. The molecular formula is C9H11F2N. The smallest absolute Gasteiger partial charge is 0.159 e. The second-order valence-corrected chi connectivity index (χ2v) is 2.91. The molecule has 0 saturated heterocycles. The first-order chi connectivity index (χ1) is 5.52. The van der Waals surface area contributed by atoms with Crippen LogP contribution in [0.1, 0.15) is 24.1 Å². The van der Waals surface area contributed by atoms with Gasteiger partial charge in [-0.1, -0.05) is 0 Å². The number of aryl methyl sites for hydroxylation is 1. The topological polar surface area (TPSA) is 26.0 Å². The summed E-state index contributed by atoms with van der Waals surface area (Å²) in [5.41, 5.74) is 6.88. The van der Waals surface area contributed by atoms with Gasteiger partial charge in [-0.15, -0.1) is 0 Å². The van der Waals surface area contributed by atoms with Crippen LogP contribution in [0.3, 0.4) is 0 Å². The van der Waals surface area contributed by atoms with E-state index in [1.807, 2.05) is 0 Å². The number of halogens is 2. The van der Waals surface area contributed by atoms with Crippen molar-refractivity contribution in [1.82, 2.24) is 0 Å². The Morgan fingerprint density at radius 1 is 1.25 bits per heavy atom. The van der Waals surface area contributed by atoms with E-state index in [4.69, 9.17) is 5.73 Å². The molecule has 1 aromatic carbocycles. The number of benzene rings is 1. The van der Waals surface area contributed by atoms with E-state index in [0.717, 1.165) is 12.1 Å². The van der Waals surface area contributed by atoms with Crippen molar-refractivity contribution < 1.29 is 8.78 Å². The van der Waals surface area contributed by atoms with E-state index in [1.165, 1.54) is 0 Å². The van der Waals surface area contributed by atoms with Gasteiger partial charge in [0.05, 0.1) is 0 Å². The Hall–Kier alpha value is -0.960. The summed E-state index contributed by atoms with van der Waals surface area (Å²) in [6.07, 6.45) is 0. The van der Waals surface area contributed by atoms with Gasteiger partial charge in [0.25, 0.3) is 0 Å². The van der Waals surface area contributed by atoms with Gasteiger partial charge in [0.15, 0.2) is 11.6 Å². The van der Waals surface area contributed by atoms with Gasteiger partial charge in [-0.05, 0) is 37.1 Å². The van der Waals surface area contributed by atoms with Crippen LogP contribution in [0, 0.1) is 18.6 Å². The van der Waals surface area contributed by atoms with Crippen molar-refractivity contribution in [3.63, 3.8) is 0 Å². The Labute approximate surface area is 70.2 Å². The van der Waals surface area contributed by atoms with Gasteiger partial charge in [-0.2, -0.15) is 0 Å². The lowest BCUT2D eigenvalue weighted by Crippen LogP contribution is -2.08. The maximum atomic E-state index is 12.7. The van der Waals surface area contributed by atoms with Crippen molar-refractivity contribution in [2.75, 3.05) is 0 Å². The zero-order chi connectivity index (χ0) is 9.30. The van der Waals surface area contributed by atoms with Crippen LogP contribution in [0.2, 0.25) is 0 Å². The Bertz CT molecular complexity index is 295. The fourth-order valence-electron chi connectivity index (χ4n) is 1.15. The molecular weight excluding hydrogens is 160 g/mol. The van der Waals surface area contributed by atoms with E-state index in [1.54, 1.807) is 13.8 Å². The summed E-state index contributed by atoms with van der Waals surface area (Å²) >= 11 is 0. The highest BCUT2D eigenvalue weighted by molar-refractivity contribution is 5.29. The van der Waals surface area contributed by atoms with Crippen LogP contribution < -0.4 is 5.73 Å². The van der Waals surface area contributed by atoms with Crippen molar-refractivity contribution in [2.24, 2.45) is 5.73 Å². The highest BCUT2D eigenvalue weighted by Gasteiger charge is 2.09. The molecule has 1 atom stereocenters. The van der Waals surface area contributed by atoms with Crippen LogP contribution in [0.15, 0.2) is 12.1 Å². The molecule has 0 aliphatic heterocycles. The second kappa shape index (κ2) is 3.19. The lowest BCUT2D eigenvalue weighted by atomic mass is 10.0. The van der Waals surface area contributed by atoms with Crippen molar-refractivity contribution in [2.45, 2.75) is 19.9 Å². The van der Waals surface area contributed by atoms with Crippen LogP contribution in [0.5, 0.6) is 0 Å². The lowest BCUT2D eigenvalue weighted by Gasteiger charge is -2.09. The average Bonchev–Trinajstić information content (AvgIpc) is 1.96. The highest BCUT2D eigenvalue weighted by Crippen LogP contribution is 2.18. The molecule has 3 heteroatoms. The molecule has 0 aromatic heterocycles. The van der Waals surface area contributed by atoms with Gasteiger partial charge in [-0.3, -0.25) is 0 Å². The lowest BCUT2D eigenvalue weighted by molar-refractivity contribution is 0.504. The normalized spacial score (nSPS) is 13.1.